The molecule has 15 heteroatoms. The lowest BCUT2D eigenvalue weighted by atomic mass is 9.77. The molecular formula is C57H54ClN5O6S3. The van der Waals surface area contributed by atoms with E-state index < -0.39 is 51.9 Å². The second-order valence-electron chi connectivity index (χ2n) is 18.6. The van der Waals surface area contributed by atoms with E-state index in [9.17, 15) is 19.2 Å². The second kappa shape index (κ2) is 22.4. The topological polar surface area (TPSA) is 131 Å². The first-order valence-corrected chi connectivity index (χ1v) is 26.2. The molecule has 0 aliphatic carbocycles. The molecule has 2 aliphatic rings. The first-order valence-electron chi connectivity index (χ1n) is 23.3. The number of hydrogen-bond acceptors (Lipinski definition) is 11. The number of pyridine rings is 1. The predicted molar refractivity (Wildman–Crippen MR) is 280 cm³/mol. The lowest BCUT2D eigenvalue weighted by Crippen LogP contribution is -3.00. The minimum absolute atomic E-state index is 0. The Hall–Kier alpha value is -6.71. The number of carbonyl (C=O) groups excluding carboxylic acids is 4. The van der Waals surface area contributed by atoms with E-state index in [1.54, 1.807) is 31.1 Å². The number of β-lactam (4-membered cyclic amide) rings is 1. The third kappa shape index (κ3) is 11.3. The van der Waals surface area contributed by atoms with E-state index in [0.717, 1.165) is 38.8 Å². The van der Waals surface area contributed by atoms with Crippen LogP contribution in [0, 0.1) is 5.41 Å². The number of halogens is 1. The number of nitrogens with one attached hydrogen (secondary N) is 2. The van der Waals surface area contributed by atoms with Gasteiger partial charge in [0.1, 0.15) is 35.0 Å². The minimum atomic E-state index is -1.10. The van der Waals surface area contributed by atoms with Gasteiger partial charge in [0.15, 0.2) is 23.6 Å². The molecule has 2 fully saturated rings. The van der Waals surface area contributed by atoms with E-state index in [1.165, 1.54) is 34.9 Å². The highest BCUT2D eigenvalue weighted by Crippen LogP contribution is 2.47. The lowest BCUT2D eigenvalue weighted by molar-refractivity contribution is -0.671. The highest BCUT2D eigenvalue weighted by Gasteiger charge is 2.58. The van der Waals surface area contributed by atoms with Crippen LogP contribution in [0.2, 0.25) is 0 Å². The molecule has 9 rings (SSSR count). The van der Waals surface area contributed by atoms with Crippen LogP contribution in [-0.4, -0.2) is 68.7 Å². The molecule has 2 aliphatic heterocycles. The molecule has 2 aromatic heterocycles. The lowest BCUT2D eigenvalue weighted by Gasteiger charge is -2.54. The predicted octanol–water partition coefficient (Wildman–Crippen LogP) is 6.61. The number of anilines is 1. The van der Waals surface area contributed by atoms with Crippen molar-refractivity contribution in [1.82, 2.24) is 15.2 Å². The largest absolute Gasteiger partial charge is 1.00 e. The van der Waals surface area contributed by atoms with Gasteiger partial charge in [0.05, 0.1) is 11.3 Å². The number of nitrogens with zero attached hydrogens (tertiary/aromatic N) is 3. The summed E-state index contributed by atoms with van der Waals surface area (Å²) in [7, 11) is 1.94. The van der Waals surface area contributed by atoms with Crippen molar-refractivity contribution in [1.29, 1.82) is 0 Å². The van der Waals surface area contributed by atoms with Crippen LogP contribution in [0.3, 0.4) is 0 Å². The summed E-state index contributed by atoms with van der Waals surface area (Å²) >= 11 is 4.25. The van der Waals surface area contributed by atoms with Gasteiger partial charge >= 0.3 is 11.9 Å². The number of esters is 2. The fraction of sp³-hybridized carbons (Fsp3) is 0.228. The van der Waals surface area contributed by atoms with E-state index in [-0.39, 0.29) is 36.1 Å². The normalized spacial score (nSPS) is 17.7. The maximum atomic E-state index is 14.9. The molecule has 3 atom stereocenters. The van der Waals surface area contributed by atoms with Crippen molar-refractivity contribution in [3.63, 3.8) is 0 Å². The number of aromatic nitrogens is 2. The average Bonchev–Trinajstić information content (AvgIpc) is 3.86. The van der Waals surface area contributed by atoms with E-state index in [0.29, 0.717) is 16.6 Å². The number of thiazole rings is 1. The summed E-state index contributed by atoms with van der Waals surface area (Å²) in [6.45, 7) is 5.34. The molecule has 2 amide bonds. The van der Waals surface area contributed by atoms with Crippen LogP contribution in [0.25, 0.3) is 5.57 Å². The molecule has 0 saturated carbocycles. The molecule has 0 bridgehead atoms. The number of aryl methyl sites for hydroxylation is 1. The highest BCUT2D eigenvalue weighted by molar-refractivity contribution is 8.00. The monoisotopic (exact) mass is 1040 g/mol. The summed E-state index contributed by atoms with van der Waals surface area (Å²) < 4.78 is 14.2. The van der Waals surface area contributed by atoms with Gasteiger partial charge in [-0.3, -0.25) is 14.4 Å². The molecule has 2 saturated heterocycles. The number of rotatable bonds is 16. The van der Waals surface area contributed by atoms with Crippen LogP contribution in [0.1, 0.15) is 60.4 Å². The summed E-state index contributed by atoms with van der Waals surface area (Å²) in [4.78, 5) is 65.0. The molecule has 368 valence electrons. The van der Waals surface area contributed by atoms with Gasteiger partial charge in [-0.15, -0.1) is 34.9 Å². The minimum Gasteiger partial charge on any atom is -1.00 e. The quantitative estimate of drug-likeness (QED) is 0.0273. The number of hydrogen-bond donors (Lipinski definition) is 2. The van der Waals surface area contributed by atoms with Crippen LogP contribution < -0.4 is 27.6 Å². The van der Waals surface area contributed by atoms with Gasteiger partial charge in [-0.2, -0.15) is 0 Å². The molecule has 0 radical (unpaired) electrons. The van der Waals surface area contributed by atoms with Crippen molar-refractivity contribution in [2.45, 2.75) is 54.3 Å². The molecule has 2 unspecified atom stereocenters. The van der Waals surface area contributed by atoms with Crippen LogP contribution in [0.15, 0.2) is 193 Å². The van der Waals surface area contributed by atoms with Gasteiger partial charge in [-0.25, -0.2) is 14.3 Å². The first kappa shape index (κ1) is 51.6. The van der Waals surface area contributed by atoms with Gasteiger partial charge in [0.2, 0.25) is 5.91 Å². The Bertz CT molecular complexity index is 2880. The zero-order valence-corrected chi connectivity index (χ0v) is 43.4. The molecular weight excluding hydrogens is 982 g/mol. The maximum absolute atomic E-state index is 14.9. The Morgan fingerprint density at radius 2 is 1.32 bits per heavy atom. The highest BCUT2D eigenvalue weighted by atomic mass is 35.5. The fourth-order valence-electron chi connectivity index (χ4n) is 8.84. The summed E-state index contributed by atoms with van der Waals surface area (Å²) in [5.74, 6) is -1.49. The van der Waals surface area contributed by atoms with Gasteiger partial charge in [-0.1, -0.05) is 152 Å². The van der Waals surface area contributed by atoms with Gasteiger partial charge in [0.25, 0.3) is 5.91 Å². The van der Waals surface area contributed by atoms with Crippen molar-refractivity contribution in [2.75, 3.05) is 23.4 Å². The third-order valence-corrected chi connectivity index (χ3v) is 16.0. The molecule has 0 spiro atoms. The summed E-state index contributed by atoms with van der Waals surface area (Å²) in [6, 6.07) is 52.6. The smallest absolute Gasteiger partial charge is 0.332 e. The Morgan fingerprint density at radius 3 is 1.83 bits per heavy atom. The number of carbonyl (C=O) groups is 4. The van der Waals surface area contributed by atoms with E-state index in [2.05, 4.69) is 47.0 Å². The standard InChI is InChI=1S/C57H53N5O6S3.ClH/c1-55(2,3)68-47(63)34-45(46-35-69-54(58-46)60-57(41-24-14-7-15-25-41,42-26-16-8-17-27-42)43-28-18-9-19-29-43)50(64)59-48-51(65)62-36-56(38-71-52(48)62,37-70-44-30-32-61(4)33-31-44)53(66)67-49(39-20-10-5-11-21-39)40-22-12-6-13-23-40;/h5-35,48-49,52H,36-38H2,1-4H3,(H-,58,59,60,64);1H/t48?,52-,56?;/m1./s1. The number of fused-ring (bicyclic) bond motifs is 1. The van der Waals surface area contributed by atoms with Crippen molar-refractivity contribution in [2.24, 2.45) is 12.5 Å². The maximum Gasteiger partial charge on any atom is 0.332 e. The first-order chi connectivity index (χ1) is 34.3. The second-order valence-corrected chi connectivity index (χ2v) is 21.6. The number of ether oxygens (including phenoxy) is 2. The van der Waals surface area contributed by atoms with E-state index in [4.69, 9.17) is 14.5 Å². The van der Waals surface area contributed by atoms with Crippen molar-refractivity contribution in [3.05, 3.63) is 221 Å². The number of amides is 2. The third-order valence-electron chi connectivity index (χ3n) is 12.4. The Balaban J connectivity index is 0.00000693. The summed E-state index contributed by atoms with van der Waals surface area (Å²) in [5.41, 5.74) is 1.87. The average molecular weight is 1040 g/mol. The molecule has 4 heterocycles. The van der Waals surface area contributed by atoms with Crippen molar-refractivity contribution in [3.8, 4) is 0 Å². The number of benzene rings is 5. The van der Waals surface area contributed by atoms with E-state index >= 15 is 0 Å². The Labute approximate surface area is 438 Å². The number of thioether (sulfide) groups is 2. The van der Waals surface area contributed by atoms with Gasteiger partial charge in [0, 0.05) is 46.5 Å². The molecule has 72 heavy (non-hydrogen) atoms. The van der Waals surface area contributed by atoms with Gasteiger partial charge in [-0.05, 0) is 48.6 Å². The summed E-state index contributed by atoms with van der Waals surface area (Å²) in [6.07, 6.45) is 4.37. The van der Waals surface area contributed by atoms with Crippen molar-refractivity contribution >= 4 is 69.3 Å². The zero-order chi connectivity index (χ0) is 49.6. The summed E-state index contributed by atoms with van der Waals surface area (Å²) in [5, 5.41) is 8.43. The van der Waals surface area contributed by atoms with Crippen LogP contribution in [0.5, 0.6) is 0 Å². The molecule has 7 aromatic rings. The van der Waals surface area contributed by atoms with Crippen LogP contribution >= 0.6 is 34.9 Å². The fourth-order valence-corrected chi connectivity index (χ4v) is 12.3. The van der Waals surface area contributed by atoms with E-state index in [1.807, 2.05) is 151 Å². The SMILES string of the molecule is C[n+]1ccc(SCC2(C(=O)OC(c3ccccc3)c3ccccc3)CS[C@@H]3C(NC(=O)C(=CC(=O)OC(C)(C)C)c4csc(NC(c5ccccc5)(c5ccccc5)c5ccccc5)n4)C(=O)N3C2)cc1.[Cl-]. The molecule has 2 N–H and O–H groups in total. The van der Waals surface area contributed by atoms with Gasteiger partial charge < -0.3 is 37.4 Å². The molecule has 5 aromatic carbocycles. The van der Waals surface area contributed by atoms with Crippen molar-refractivity contribution < 1.29 is 45.6 Å². The zero-order valence-electron chi connectivity index (χ0n) is 40.1. The van der Waals surface area contributed by atoms with Crippen LogP contribution in [-0.2, 0) is 41.2 Å². The molecule has 11 nitrogen and oxygen atoms in total. The Kier molecular flexibility index (Phi) is 16.0. The Morgan fingerprint density at radius 1 is 0.806 bits per heavy atom. The van der Waals surface area contributed by atoms with Crippen LogP contribution in [0.4, 0.5) is 5.13 Å².